The second kappa shape index (κ2) is 43.9. The number of hydrogen-bond acceptors (Lipinski definition) is 16. The molecule has 5 heterocycles. The Kier molecular flexibility index (Phi) is 47.0. The summed E-state index contributed by atoms with van der Waals surface area (Å²) in [5, 5.41) is 66.2. The molecule has 500 valence electrons. The van der Waals surface area contributed by atoms with E-state index in [-0.39, 0.29) is 247 Å². The van der Waals surface area contributed by atoms with Gasteiger partial charge in [0, 0.05) is 107 Å². The van der Waals surface area contributed by atoms with Crippen molar-refractivity contribution in [3.05, 3.63) is 68.4 Å². The molecule has 3 fully saturated rings. The fraction of sp³-hybridized carbons (Fsp3) is 0.731. The third kappa shape index (κ3) is 32.2. The summed E-state index contributed by atoms with van der Waals surface area (Å²) in [6, 6.07) is 0. The average molecular weight is 1340 g/mol. The number of carboxylic acid groups (broad SMARTS) is 3. The van der Waals surface area contributed by atoms with Crippen molar-refractivity contribution in [1.29, 1.82) is 0 Å². The van der Waals surface area contributed by atoms with Crippen LogP contribution in [0.5, 0.6) is 0 Å². The zero-order valence-electron chi connectivity index (χ0n) is 62.7. The van der Waals surface area contributed by atoms with Gasteiger partial charge in [0.1, 0.15) is 12.2 Å². The molecule has 0 aromatic carbocycles. The Morgan fingerprint density at radius 2 is 0.831 bits per heavy atom. The Bertz CT molecular complexity index is 2340. The van der Waals surface area contributed by atoms with Gasteiger partial charge in [-0.3, -0.25) is 0 Å². The number of carboxylic acids is 3. The van der Waals surface area contributed by atoms with E-state index in [1.807, 2.05) is 104 Å². The first-order chi connectivity index (χ1) is 39.2. The number of carbonyl (C=O) groups excluding carboxylic acids is 3. The third-order valence-corrected chi connectivity index (χ3v) is 18.4. The fourth-order valence-electron chi connectivity index (χ4n) is 9.45. The minimum atomic E-state index is -0.963. The largest absolute Gasteiger partial charge is 1.00 e. The monoisotopic (exact) mass is 1340 g/mol. The molecule has 5 aliphatic rings. The first kappa shape index (κ1) is 95.3. The molecule has 0 spiro atoms. The molecule has 7 N–H and O–H groups in total. The molecule has 5 rings (SSSR count). The molecular weight excluding hydrogens is 1230 g/mol. The van der Waals surface area contributed by atoms with Gasteiger partial charge in [-0.25, -0.2) is 28.8 Å². The van der Waals surface area contributed by atoms with Crippen molar-refractivity contribution in [1.82, 2.24) is 0 Å². The van der Waals surface area contributed by atoms with Crippen LogP contribution in [0.4, 0.5) is 0 Å². The van der Waals surface area contributed by atoms with Gasteiger partial charge in [-0.15, -0.1) is 0 Å². The number of allylic oxidation sites excluding steroid dienone is 3. The van der Waals surface area contributed by atoms with E-state index in [4.69, 9.17) is 48.8 Å². The zero-order valence-corrected chi connectivity index (χ0v) is 69.0. The summed E-state index contributed by atoms with van der Waals surface area (Å²) in [6.45, 7) is 45.6. The van der Waals surface area contributed by atoms with E-state index in [0.717, 1.165) is 33.9 Å². The minimum absolute atomic E-state index is 0. The Morgan fingerprint density at radius 3 is 1.03 bits per heavy atom. The van der Waals surface area contributed by atoms with E-state index in [1.54, 1.807) is 60.6 Å². The molecule has 3 saturated heterocycles. The van der Waals surface area contributed by atoms with Gasteiger partial charge in [0.15, 0.2) is 0 Å². The molecule has 15 atom stereocenters. The number of carbonyl (C=O) groups is 6. The van der Waals surface area contributed by atoms with Crippen LogP contribution in [0.3, 0.4) is 0 Å². The Hall–Kier alpha value is -0.111. The smallest absolute Gasteiger partial charge is 1.00 e. The van der Waals surface area contributed by atoms with Crippen LogP contribution in [0.1, 0.15) is 209 Å². The second-order valence-electron chi connectivity index (χ2n) is 26.5. The van der Waals surface area contributed by atoms with E-state index in [1.165, 1.54) is 7.11 Å². The molecule has 0 radical (unpaired) electrons. The van der Waals surface area contributed by atoms with Gasteiger partial charge in [-0.2, -0.15) is 0 Å². The molecular formula is C67H115K3O19. The molecule has 0 saturated carbocycles. The number of esters is 3. The molecule has 22 heteroatoms. The van der Waals surface area contributed by atoms with E-state index in [0.29, 0.717) is 72.7 Å². The van der Waals surface area contributed by atoms with Gasteiger partial charge in [-0.05, 0) is 104 Å². The number of cyclic esters (lactones) is 2. The Morgan fingerprint density at radius 1 is 0.562 bits per heavy atom. The number of hydrogen-bond donors (Lipinski definition) is 7. The molecule has 0 amide bonds. The number of methoxy groups -OCH3 is 1. The third-order valence-electron chi connectivity index (χ3n) is 18.4. The molecule has 5 aliphatic heterocycles. The summed E-state index contributed by atoms with van der Waals surface area (Å²) in [4.78, 5) is 65.6. The van der Waals surface area contributed by atoms with Crippen LogP contribution >= 0.6 is 0 Å². The Labute approximate surface area is 665 Å². The molecule has 0 aromatic rings. The number of aliphatic hydroxyl groups is 4. The molecule has 19 nitrogen and oxygen atoms in total. The van der Waals surface area contributed by atoms with Gasteiger partial charge in [-0.1, -0.05) is 95.8 Å². The van der Waals surface area contributed by atoms with E-state index in [9.17, 15) is 44.1 Å². The molecule has 0 aromatic heterocycles. The maximum Gasteiger partial charge on any atom is 1.00 e. The van der Waals surface area contributed by atoms with Crippen LogP contribution in [-0.2, 0) is 57.2 Å². The molecule has 9 unspecified atom stereocenters. The molecule has 0 aliphatic carbocycles. The van der Waals surface area contributed by atoms with Crippen molar-refractivity contribution >= 4 is 35.8 Å². The van der Waals surface area contributed by atoms with Crippen molar-refractivity contribution in [2.24, 2.45) is 34.0 Å². The van der Waals surface area contributed by atoms with Crippen LogP contribution in [0, 0.1) is 34.0 Å². The normalized spacial score (nSPS) is 28.5. The summed E-state index contributed by atoms with van der Waals surface area (Å²) < 4.78 is 32.3. The second-order valence-corrected chi connectivity index (χ2v) is 26.5. The average Bonchev–Trinajstić information content (AvgIpc) is 3.37. The van der Waals surface area contributed by atoms with Gasteiger partial charge >= 0.3 is 190 Å². The summed E-state index contributed by atoms with van der Waals surface area (Å²) in [6.07, 6.45) is 4.43. The fourth-order valence-corrected chi connectivity index (χ4v) is 9.45. The van der Waals surface area contributed by atoms with Gasteiger partial charge < -0.3 is 68.4 Å². The summed E-state index contributed by atoms with van der Waals surface area (Å²) >= 11 is 0. The minimum Gasteiger partial charge on any atom is -1.00 e. The van der Waals surface area contributed by atoms with Crippen LogP contribution in [0.2, 0.25) is 0 Å². The van der Waals surface area contributed by atoms with Crippen LogP contribution < -0.4 is 154 Å². The summed E-state index contributed by atoms with van der Waals surface area (Å²) in [5.41, 5.74) is 6.02. The maximum absolute atomic E-state index is 11.7. The van der Waals surface area contributed by atoms with Crippen LogP contribution in [0.25, 0.3) is 0 Å². The van der Waals surface area contributed by atoms with Crippen molar-refractivity contribution in [2.75, 3.05) is 7.11 Å². The van der Waals surface area contributed by atoms with Gasteiger partial charge in [0.05, 0.1) is 68.1 Å². The molecule has 89 heavy (non-hydrogen) atoms. The van der Waals surface area contributed by atoms with Crippen molar-refractivity contribution in [3.63, 3.8) is 0 Å². The van der Waals surface area contributed by atoms with Gasteiger partial charge in [0.25, 0.3) is 0 Å². The predicted octanol–water partition coefficient (Wildman–Crippen LogP) is 2.59. The first-order valence-electron chi connectivity index (χ1n) is 30.1. The van der Waals surface area contributed by atoms with E-state index >= 15 is 0 Å². The number of ether oxygens (including phenoxy) is 6. The summed E-state index contributed by atoms with van der Waals surface area (Å²) in [5.74, 6) is -2.82. The first-order valence-corrected chi connectivity index (χ1v) is 30.1. The Balaban J connectivity index is -0.000000189. The number of aliphatic hydroxyl groups excluding tert-OH is 4. The topological polar surface area (TPSA) is 299 Å². The van der Waals surface area contributed by atoms with E-state index in [2.05, 4.69) is 13.8 Å². The van der Waals surface area contributed by atoms with Crippen molar-refractivity contribution < 1.29 is 251 Å². The number of aliphatic carboxylic acids is 3. The predicted molar refractivity (Wildman–Crippen MR) is 335 cm³/mol. The molecule has 0 bridgehead atoms. The van der Waals surface area contributed by atoms with Gasteiger partial charge in [0.2, 0.25) is 0 Å². The number of rotatable bonds is 12. The van der Waals surface area contributed by atoms with Crippen molar-refractivity contribution in [2.45, 2.75) is 278 Å². The quantitative estimate of drug-likeness (QED) is 0.0639. The van der Waals surface area contributed by atoms with Crippen molar-refractivity contribution in [3.8, 4) is 0 Å². The van der Waals surface area contributed by atoms with Crippen LogP contribution in [0.15, 0.2) is 68.4 Å². The summed E-state index contributed by atoms with van der Waals surface area (Å²) in [7, 11) is 1.38. The zero-order chi connectivity index (χ0) is 67.4. The van der Waals surface area contributed by atoms with Crippen LogP contribution in [-0.4, -0.2) is 152 Å². The maximum atomic E-state index is 11.7. The van der Waals surface area contributed by atoms with E-state index < -0.39 is 42.3 Å². The SMILES string of the molecule is C/C(=C/C(=O)O)C(C)C(C)O.CC(C)=C(C[C@@H]1C[C@H](O)C(C)(C)C(C)O1)C(=O)O.CC(C)=C(C[C@@H]1C[C@H](O)C(C)(C)C(C)O1)C(=O)O.CC1=CC(=O)OC(C)C1C.CC1=CC(=O)OC(C)C1C.COC(=O)C(C[C@@H]1C[C@H](O)C(C)(C)C(C)O1)=C(C)C.[H-].[H-].[H-].[K+].[K+].[K+]. The standard InChI is InChI=1S/C15H26O4.2C14H24O4.C8H14O3.2C8H12O2.3K.3H/c1-9(2)12(14(17)18-6)7-11-8-13(16)15(4,5)10(3)19-11;2*1-8(2)11(13(16)17)6-10-7-12(15)14(4,5)9(3)18-10;1-5(4-8(10)11)6(2)7(3)9;2*1-5-4-8(9)10-7(3)6(5)2;;;;;;/h10-11,13,16H,7-8H2,1-6H3;2*9-10,12,15H,6-7H2,1-5H3,(H,16,17);4,6-7,9H,1-3H3,(H,10,11);2*4,6-7H,1-3H3;;;;;;/q;;;;;;3*+1;3*-1/b;;;5-4-;;;;;;;;/t10?,11-,13+;2*9?,10-,12+;;;;;;;;;/m111........./s1.